The van der Waals surface area contributed by atoms with E-state index in [1.165, 1.54) is 0 Å². The van der Waals surface area contributed by atoms with E-state index in [-0.39, 0.29) is 18.1 Å². The van der Waals surface area contributed by atoms with E-state index in [0.717, 1.165) is 32.7 Å². The van der Waals surface area contributed by atoms with Crippen molar-refractivity contribution in [1.82, 2.24) is 9.38 Å². The van der Waals surface area contributed by atoms with Crippen molar-refractivity contribution in [2.45, 2.75) is 20.0 Å². The molecule has 8 heteroatoms. The van der Waals surface area contributed by atoms with E-state index in [4.69, 9.17) is 9.47 Å². The van der Waals surface area contributed by atoms with E-state index in [9.17, 15) is 14.4 Å². The van der Waals surface area contributed by atoms with Gasteiger partial charge < -0.3 is 14.8 Å². The van der Waals surface area contributed by atoms with Crippen molar-refractivity contribution in [1.29, 1.82) is 0 Å². The maximum Gasteiger partial charge on any atom is 0.338 e. The number of esters is 1. The van der Waals surface area contributed by atoms with Crippen LogP contribution in [0.4, 0.5) is 5.69 Å². The first kappa shape index (κ1) is 23.4. The Morgan fingerprint density at radius 1 is 0.947 bits per heavy atom. The molecule has 8 nitrogen and oxygen atoms in total. The summed E-state index contributed by atoms with van der Waals surface area (Å²) in [6, 6.07) is 21.3. The summed E-state index contributed by atoms with van der Waals surface area (Å²) in [4.78, 5) is 42.9. The van der Waals surface area contributed by atoms with Gasteiger partial charge in [0.1, 0.15) is 5.75 Å². The lowest BCUT2D eigenvalue weighted by atomic mass is 10.1. The van der Waals surface area contributed by atoms with Gasteiger partial charge >= 0.3 is 5.97 Å². The summed E-state index contributed by atoms with van der Waals surface area (Å²) < 4.78 is 12.7. The highest BCUT2D eigenvalue weighted by Crippen LogP contribution is 2.34. The fourth-order valence-corrected chi connectivity index (χ4v) is 4.86. The number of benzene rings is 3. The number of carbonyl (C=O) groups excluding carboxylic acids is 2. The zero-order chi connectivity index (χ0) is 26.4. The fourth-order valence-electron chi connectivity index (χ4n) is 4.86. The molecule has 3 aromatic heterocycles. The smallest absolute Gasteiger partial charge is 0.338 e. The summed E-state index contributed by atoms with van der Waals surface area (Å²) in [5.41, 5.74) is 2.97. The van der Waals surface area contributed by atoms with Gasteiger partial charge in [-0.1, -0.05) is 24.3 Å². The van der Waals surface area contributed by atoms with Crippen LogP contribution in [-0.4, -0.2) is 34.0 Å². The molecule has 1 N–H and O–H groups in total. The molecule has 0 bridgehead atoms. The van der Waals surface area contributed by atoms with Crippen LogP contribution in [0.5, 0.6) is 5.75 Å². The lowest BCUT2D eigenvalue weighted by Gasteiger charge is -2.15. The average Bonchev–Trinajstić information content (AvgIpc) is 3.26. The number of nitrogens with zero attached hydrogens (tertiary/aromatic N) is 2. The van der Waals surface area contributed by atoms with Gasteiger partial charge in [-0.2, -0.15) is 0 Å². The minimum Gasteiger partial charge on any atom is -0.481 e. The van der Waals surface area contributed by atoms with Gasteiger partial charge in [0.15, 0.2) is 6.10 Å². The molecule has 38 heavy (non-hydrogen) atoms. The Bertz CT molecular complexity index is 1930. The number of fused-ring (bicyclic) bond motifs is 5. The molecule has 1 amide bonds. The van der Waals surface area contributed by atoms with Crippen LogP contribution in [0.25, 0.3) is 38.1 Å². The molecular weight excluding hydrogens is 482 g/mol. The number of rotatable bonds is 6. The van der Waals surface area contributed by atoms with Crippen molar-refractivity contribution in [3.05, 3.63) is 94.9 Å². The summed E-state index contributed by atoms with van der Waals surface area (Å²) in [6.07, 6.45) is 0.910. The second-order valence-electron chi connectivity index (χ2n) is 8.97. The maximum atomic E-state index is 13.4. The van der Waals surface area contributed by atoms with E-state index in [1.54, 1.807) is 54.8 Å². The Kier molecular flexibility index (Phi) is 5.64. The topological polar surface area (TPSA) is 99.0 Å². The molecule has 1 atom stereocenters. The third-order valence-corrected chi connectivity index (χ3v) is 6.59. The molecule has 6 aromatic rings. The van der Waals surface area contributed by atoms with Crippen LogP contribution < -0.4 is 15.6 Å². The number of anilines is 1. The van der Waals surface area contributed by atoms with Crippen LogP contribution in [0.15, 0.2) is 83.8 Å². The Morgan fingerprint density at radius 3 is 2.58 bits per heavy atom. The summed E-state index contributed by atoms with van der Waals surface area (Å²) in [5, 5.41) is 5.91. The van der Waals surface area contributed by atoms with Crippen LogP contribution in [-0.2, 0) is 9.53 Å². The summed E-state index contributed by atoms with van der Waals surface area (Å²) >= 11 is 0. The Morgan fingerprint density at radius 2 is 1.76 bits per heavy atom. The van der Waals surface area contributed by atoms with Crippen LogP contribution in [0.3, 0.4) is 0 Å². The van der Waals surface area contributed by atoms with Crippen molar-refractivity contribution in [3.63, 3.8) is 0 Å². The van der Waals surface area contributed by atoms with Gasteiger partial charge in [0.05, 0.1) is 28.7 Å². The zero-order valence-corrected chi connectivity index (χ0v) is 20.7. The molecule has 0 radical (unpaired) electrons. The fraction of sp³-hybridized carbons (Fsp3) is 0.133. The number of pyridine rings is 2. The van der Waals surface area contributed by atoms with Crippen molar-refractivity contribution >= 4 is 55.7 Å². The first-order valence-corrected chi connectivity index (χ1v) is 12.3. The second kappa shape index (κ2) is 9.15. The van der Waals surface area contributed by atoms with Gasteiger partial charge in [-0.3, -0.25) is 19.0 Å². The Balaban J connectivity index is 1.32. The van der Waals surface area contributed by atoms with Gasteiger partial charge in [-0.15, -0.1) is 0 Å². The Labute approximate surface area is 216 Å². The van der Waals surface area contributed by atoms with E-state index >= 15 is 0 Å². The monoisotopic (exact) mass is 505 g/mol. The minimum absolute atomic E-state index is 0.104. The molecule has 1 unspecified atom stereocenters. The van der Waals surface area contributed by atoms with E-state index < -0.39 is 12.1 Å². The molecule has 188 valence electrons. The first-order chi connectivity index (χ1) is 18.5. The summed E-state index contributed by atoms with van der Waals surface area (Å²) in [7, 11) is 0. The van der Waals surface area contributed by atoms with E-state index in [0.29, 0.717) is 22.4 Å². The van der Waals surface area contributed by atoms with Crippen molar-refractivity contribution < 1.29 is 19.1 Å². The van der Waals surface area contributed by atoms with Crippen LogP contribution >= 0.6 is 0 Å². The van der Waals surface area contributed by atoms with E-state index in [2.05, 4.69) is 10.3 Å². The third-order valence-electron chi connectivity index (χ3n) is 6.59. The number of carbonyl (C=O) groups is 2. The molecule has 0 spiro atoms. The van der Waals surface area contributed by atoms with Crippen molar-refractivity contribution in [2.24, 2.45) is 0 Å². The SMILES string of the molecule is CCOC(=O)c1cccc(NC(=O)C(C)Oc2ccc3c(c2)c2ccnc4c5ccccc5c(=O)n3c24)c1. The van der Waals surface area contributed by atoms with Crippen molar-refractivity contribution in [2.75, 3.05) is 11.9 Å². The lowest BCUT2D eigenvalue weighted by Crippen LogP contribution is -2.30. The number of ether oxygens (including phenoxy) is 2. The van der Waals surface area contributed by atoms with Gasteiger partial charge in [0, 0.05) is 33.4 Å². The Hall–Kier alpha value is -4.98. The third kappa shape index (κ3) is 3.78. The number of nitrogens with one attached hydrogen (secondary N) is 1. The maximum absolute atomic E-state index is 13.4. The van der Waals surface area contributed by atoms with Crippen LogP contribution in [0.2, 0.25) is 0 Å². The number of hydrogen-bond acceptors (Lipinski definition) is 6. The molecule has 3 aromatic carbocycles. The highest BCUT2D eigenvalue weighted by atomic mass is 16.5. The summed E-state index contributed by atoms with van der Waals surface area (Å²) in [6.45, 7) is 3.65. The molecule has 0 aliphatic rings. The average molecular weight is 506 g/mol. The minimum atomic E-state index is -0.828. The largest absolute Gasteiger partial charge is 0.481 e. The molecule has 0 fully saturated rings. The molecule has 6 rings (SSSR count). The predicted octanol–water partition coefficient (Wildman–Crippen LogP) is 5.17. The number of amides is 1. The number of aromatic nitrogens is 2. The van der Waals surface area contributed by atoms with Gasteiger partial charge in [-0.05, 0) is 62.4 Å². The standard InChI is InChI=1S/C30H23N3O5/c1-3-37-30(36)18-7-6-8-19(15-18)32-28(34)17(2)38-20-11-12-25-24(16-20)22-13-14-31-26-21-9-4-5-10-23(21)29(35)33(25)27(22)26/h4-17H,3H2,1-2H3,(H,32,34). The summed E-state index contributed by atoms with van der Waals surface area (Å²) in [5.74, 6) is -0.338. The lowest BCUT2D eigenvalue weighted by molar-refractivity contribution is -0.122. The highest BCUT2D eigenvalue weighted by Gasteiger charge is 2.20. The molecule has 0 aliphatic heterocycles. The van der Waals surface area contributed by atoms with E-state index in [1.807, 2.05) is 42.5 Å². The van der Waals surface area contributed by atoms with Gasteiger partial charge in [-0.25, -0.2) is 4.79 Å². The zero-order valence-electron chi connectivity index (χ0n) is 20.7. The quantitative estimate of drug-likeness (QED) is 0.248. The molecule has 0 aliphatic carbocycles. The van der Waals surface area contributed by atoms with Crippen molar-refractivity contribution in [3.8, 4) is 5.75 Å². The van der Waals surface area contributed by atoms with Gasteiger partial charge in [0.2, 0.25) is 0 Å². The first-order valence-electron chi connectivity index (χ1n) is 12.3. The normalized spacial score (nSPS) is 12.3. The van der Waals surface area contributed by atoms with Gasteiger partial charge in [0.25, 0.3) is 11.5 Å². The molecular formula is C30H23N3O5. The predicted molar refractivity (Wildman–Crippen MR) is 146 cm³/mol. The second-order valence-corrected chi connectivity index (χ2v) is 8.97. The molecule has 0 saturated carbocycles. The molecule has 0 saturated heterocycles. The molecule has 3 heterocycles. The van der Waals surface area contributed by atoms with Crippen LogP contribution in [0.1, 0.15) is 24.2 Å². The highest BCUT2D eigenvalue weighted by molar-refractivity contribution is 6.18. The van der Waals surface area contributed by atoms with Crippen LogP contribution in [0, 0.1) is 0 Å². The number of hydrogen-bond donors (Lipinski definition) is 1.